The highest BCUT2D eigenvalue weighted by Crippen LogP contribution is 2.45. The van der Waals surface area contributed by atoms with Crippen LogP contribution >= 0.6 is 0 Å². The molecule has 1 atom stereocenters. The molecule has 5 rings (SSSR count). The average molecular weight is 539 g/mol. The highest BCUT2D eigenvalue weighted by molar-refractivity contribution is 6.07. The molecule has 3 heterocycles. The second kappa shape index (κ2) is 11.5. The highest BCUT2D eigenvalue weighted by atomic mass is 16.5. The van der Waals surface area contributed by atoms with Crippen molar-refractivity contribution in [1.29, 1.82) is 0 Å². The van der Waals surface area contributed by atoms with Gasteiger partial charge in [0.2, 0.25) is 18.2 Å². The molecule has 10 heteroatoms. The van der Waals surface area contributed by atoms with Crippen LogP contribution in [0.15, 0.2) is 18.2 Å². The first-order chi connectivity index (χ1) is 18.8. The fourth-order valence-electron chi connectivity index (χ4n) is 6.94. The van der Waals surface area contributed by atoms with Gasteiger partial charge in [0.1, 0.15) is 12.1 Å². The normalized spacial score (nSPS) is 24.1. The predicted octanol–water partition coefficient (Wildman–Crippen LogP) is 2.03. The van der Waals surface area contributed by atoms with Crippen LogP contribution in [0.4, 0.5) is 5.69 Å². The predicted molar refractivity (Wildman–Crippen MR) is 143 cm³/mol. The fraction of sp³-hybridized carbons (Fsp3) is 0.621. The Hall–Kier alpha value is -3.27. The largest absolute Gasteiger partial charge is 0.465 e. The van der Waals surface area contributed by atoms with Gasteiger partial charge in [0.05, 0.1) is 0 Å². The lowest BCUT2D eigenvalue weighted by molar-refractivity contribution is -0.140. The van der Waals surface area contributed by atoms with Crippen molar-refractivity contribution in [3.63, 3.8) is 0 Å². The fourth-order valence-corrected chi connectivity index (χ4v) is 6.94. The summed E-state index contributed by atoms with van der Waals surface area (Å²) in [6.45, 7) is 7.80. The van der Waals surface area contributed by atoms with Crippen LogP contribution in [-0.4, -0.2) is 85.3 Å². The number of carbonyl (C=O) groups is 5. The SMILES string of the molecule is Cc1cc(N2CCC(CN3CC4(CCC(OC=O)CC4)C3)CC2)ccc1C(=O)N(C=O)C1CCC(=O)NC1=O. The van der Waals surface area contributed by atoms with Crippen LogP contribution in [0.5, 0.6) is 0 Å². The molecule has 0 radical (unpaired) electrons. The van der Waals surface area contributed by atoms with Crippen molar-refractivity contribution < 1.29 is 28.7 Å². The average Bonchev–Trinajstić information content (AvgIpc) is 2.91. The minimum atomic E-state index is -0.974. The van der Waals surface area contributed by atoms with Gasteiger partial charge in [-0.1, -0.05) is 0 Å². The molecule has 1 unspecified atom stereocenters. The standard InChI is InChI=1S/C29H38N4O6/c1-20-14-22(2-3-24(20)28(38)33(18-34)25-4-5-26(36)30-27(25)37)32-12-8-21(9-13-32)15-31-16-29(17-31)10-6-23(7-11-29)39-19-35/h2-3,14,18-19,21,23,25H,4-13,15-17H2,1H3,(H,30,36,37). The zero-order valence-corrected chi connectivity index (χ0v) is 22.6. The number of nitrogens with one attached hydrogen (secondary N) is 1. The summed E-state index contributed by atoms with van der Waals surface area (Å²) in [4.78, 5) is 65.0. The van der Waals surface area contributed by atoms with Gasteiger partial charge >= 0.3 is 0 Å². The summed E-state index contributed by atoms with van der Waals surface area (Å²) in [5.74, 6) is -0.865. The minimum absolute atomic E-state index is 0.0961. The molecule has 4 amide bonds. The molecule has 3 aliphatic heterocycles. The van der Waals surface area contributed by atoms with Gasteiger partial charge in [-0.15, -0.1) is 0 Å². The topological polar surface area (TPSA) is 116 Å². The van der Waals surface area contributed by atoms with Crippen molar-refractivity contribution in [2.45, 2.75) is 70.4 Å². The Morgan fingerprint density at radius 2 is 1.82 bits per heavy atom. The molecule has 1 N–H and O–H groups in total. The first kappa shape index (κ1) is 27.3. The number of likely N-dealkylation sites (tertiary alicyclic amines) is 1. The molecular weight excluding hydrogens is 500 g/mol. The van der Waals surface area contributed by atoms with Crippen LogP contribution in [0, 0.1) is 18.3 Å². The third kappa shape index (κ3) is 5.85. The molecule has 1 saturated carbocycles. The van der Waals surface area contributed by atoms with Gasteiger partial charge in [-0.05, 0) is 87.0 Å². The van der Waals surface area contributed by atoms with Gasteiger partial charge in [0, 0.05) is 50.4 Å². The first-order valence-electron chi connectivity index (χ1n) is 14.1. The van der Waals surface area contributed by atoms with E-state index in [-0.39, 0.29) is 18.9 Å². The van der Waals surface area contributed by atoms with Crippen LogP contribution in [0.2, 0.25) is 0 Å². The van der Waals surface area contributed by atoms with E-state index in [1.54, 1.807) is 6.07 Å². The maximum absolute atomic E-state index is 13.1. The molecule has 1 aliphatic carbocycles. The molecule has 3 saturated heterocycles. The number of anilines is 1. The first-order valence-corrected chi connectivity index (χ1v) is 14.1. The van der Waals surface area contributed by atoms with E-state index in [0.29, 0.717) is 29.8 Å². The van der Waals surface area contributed by atoms with Crippen LogP contribution in [0.1, 0.15) is 67.3 Å². The number of carbonyl (C=O) groups excluding carboxylic acids is 5. The summed E-state index contributed by atoms with van der Waals surface area (Å²) in [6, 6.07) is 4.65. The van der Waals surface area contributed by atoms with E-state index in [9.17, 15) is 24.0 Å². The van der Waals surface area contributed by atoms with E-state index in [1.807, 2.05) is 19.1 Å². The Bertz CT molecular complexity index is 1110. The molecule has 1 aromatic carbocycles. The molecule has 210 valence electrons. The van der Waals surface area contributed by atoms with E-state index >= 15 is 0 Å². The van der Waals surface area contributed by atoms with Crippen molar-refractivity contribution in [1.82, 2.24) is 15.1 Å². The lowest BCUT2D eigenvalue weighted by atomic mass is 9.67. The molecule has 0 aromatic heterocycles. The van der Waals surface area contributed by atoms with E-state index in [2.05, 4.69) is 15.1 Å². The lowest BCUT2D eigenvalue weighted by Crippen LogP contribution is -2.59. The summed E-state index contributed by atoms with van der Waals surface area (Å²) in [6.07, 6.45) is 7.23. The Kier molecular flexibility index (Phi) is 8.02. The Balaban J connectivity index is 1.11. The number of amides is 4. The smallest absolute Gasteiger partial charge is 0.293 e. The number of hydrogen-bond acceptors (Lipinski definition) is 8. The number of rotatable bonds is 8. The molecule has 4 aliphatic rings. The number of hydrogen-bond donors (Lipinski definition) is 1. The van der Waals surface area contributed by atoms with Crippen molar-refractivity contribution in [3.05, 3.63) is 29.3 Å². The maximum Gasteiger partial charge on any atom is 0.293 e. The summed E-state index contributed by atoms with van der Waals surface area (Å²) < 4.78 is 5.16. The van der Waals surface area contributed by atoms with E-state index in [0.717, 1.165) is 87.4 Å². The molecule has 1 aromatic rings. The minimum Gasteiger partial charge on any atom is -0.465 e. The maximum atomic E-state index is 13.1. The van der Waals surface area contributed by atoms with Gasteiger partial charge in [0.15, 0.2) is 0 Å². The Labute approximate surface area is 229 Å². The number of aryl methyl sites for hydroxylation is 1. The number of piperidine rings is 2. The van der Waals surface area contributed by atoms with E-state index in [4.69, 9.17) is 4.74 Å². The van der Waals surface area contributed by atoms with Gasteiger partial charge in [0.25, 0.3) is 12.4 Å². The quantitative estimate of drug-likeness (QED) is 0.395. The van der Waals surface area contributed by atoms with Crippen LogP contribution < -0.4 is 10.2 Å². The molecule has 0 bridgehead atoms. The van der Waals surface area contributed by atoms with E-state index < -0.39 is 23.8 Å². The van der Waals surface area contributed by atoms with Crippen LogP contribution in [0.3, 0.4) is 0 Å². The molecule has 4 fully saturated rings. The summed E-state index contributed by atoms with van der Waals surface area (Å²) >= 11 is 0. The van der Waals surface area contributed by atoms with Gasteiger partial charge in [-0.25, -0.2) is 0 Å². The summed E-state index contributed by atoms with van der Waals surface area (Å²) in [7, 11) is 0. The second-order valence-electron chi connectivity index (χ2n) is 11.8. The zero-order chi connectivity index (χ0) is 27.6. The van der Waals surface area contributed by atoms with Gasteiger partial charge < -0.3 is 14.5 Å². The molecular formula is C29H38N4O6. The summed E-state index contributed by atoms with van der Waals surface area (Å²) in [5.41, 5.74) is 2.61. The third-order valence-electron chi connectivity index (χ3n) is 9.19. The van der Waals surface area contributed by atoms with Gasteiger partial charge in [-0.3, -0.25) is 34.2 Å². The second-order valence-corrected chi connectivity index (χ2v) is 11.8. The third-order valence-corrected chi connectivity index (χ3v) is 9.19. The van der Waals surface area contributed by atoms with Crippen molar-refractivity contribution in [2.24, 2.45) is 11.3 Å². The van der Waals surface area contributed by atoms with Gasteiger partial charge in [-0.2, -0.15) is 0 Å². The van der Waals surface area contributed by atoms with Crippen LogP contribution in [0.25, 0.3) is 0 Å². The molecule has 39 heavy (non-hydrogen) atoms. The summed E-state index contributed by atoms with van der Waals surface area (Å²) in [5, 5.41) is 2.21. The monoisotopic (exact) mass is 538 g/mol. The number of nitrogens with zero attached hydrogens (tertiary/aromatic N) is 3. The number of ether oxygens (including phenoxy) is 1. The van der Waals surface area contributed by atoms with Crippen molar-refractivity contribution in [3.8, 4) is 0 Å². The van der Waals surface area contributed by atoms with Crippen molar-refractivity contribution in [2.75, 3.05) is 37.6 Å². The number of benzene rings is 1. The van der Waals surface area contributed by atoms with Crippen LogP contribution in [-0.2, 0) is 23.9 Å². The van der Waals surface area contributed by atoms with E-state index in [1.165, 1.54) is 0 Å². The lowest BCUT2D eigenvalue weighted by Gasteiger charge is -2.54. The Morgan fingerprint density at radius 1 is 1.10 bits per heavy atom. The van der Waals surface area contributed by atoms with Crippen molar-refractivity contribution >= 4 is 36.3 Å². The zero-order valence-electron chi connectivity index (χ0n) is 22.6. The number of imide groups is 2. The molecule has 1 spiro atoms. The molecule has 10 nitrogen and oxygen atoms in total. The Morgan fingerprint density at radius 3 is 2.44 bits per heavy atom. The highest BCUT2D eigenvalue weighted by Gasteiger charge is 2.45.